The maximum Gasteiger partial charge on any atom is 0.270 e. The maximum atomic E-state index is 14.3. The molecule has 1 unspecified atom stereocenters. The third-order valence-electron chi connectivity index (χ3n) is 7.67. The first-order valence-electron chi connectivity index (χ1n) is 12.5. The van der Waals surface area contributed by atoms with Crippen molar-refractivity contribution in [1.29, 1.82) is 5.26 Å². The van der Waals surface area contributed by atoms with Crippen LogP contribution in [0.2, 0.25) is 0 Å². The zero-order valence-corrected chi connectivity index (χ0v) is 21.5. The monoisotopic (exact) mass is 537 g/mol. The van der Waals surface area contributed by atoms with Gasteiger partial charge in [-0.2, -0.15) is 5.26 Å². The van der Waals surface area contributed by atoms with Gasteiger partial charge in [0.25, 0.3) is 5.91 Å². The second-order valence-electron chi connectivity index (χ2n) is 10.6. The molecule has 3 aromatic rings. The Morgan fingerprint density at radius 2 is 1.92 bits per heavy atom. The fraction of sp³-hybridized carbons (Fsp3) is 0.357. The van der Waals surface area contributed by atoms with Gasteiger partial charge in [0.1, 0.15) is 17.8 Å². The number of carbonyl (C=O) groups is 3. The highest BCUT2D eigenvalue weighted by molar-refractivity contribution is 6.07. The minimum Gasteiger partial charge on any atom is -0.350 e. The fourth-order valence-corrected chi connectivity index (χ4v) is 5.67. The number of nitrogens with zero attached hydrogens (tertiary/aromatic N) is 3. The molecule has 3 heterocycles. The van der Waals surface area contributed by atoms with E-state index in [0.717, 1.165) is 17.7 Å². The van der Waals surface area contributed by atoms with Crippen molar-refractivity contribution in [3.05, 3.63) is 65.1 Å². The molecule has 1 aromatic heterocycles. The SMILES string of the molecule is CC(C)C[C@@H](C(=O)N1C[C@]2(CC1C#N)C(=O)Nc1ccccc12)N(C)C(=O)c1cc2c(F)c(F)c(F)cc2[nH]1. The number of amides is 3. The lowest BCUT2D eigenvalue weighted by Crippen LogP contribution is -2.52. The number of aromatic amines is 1. The third kappa shape index (κ3) is 4.11. The van der Waals surface area contributed by atoms with E-state index in [-0.39, 0.29) is 47.8 Å². The van der Waals surface area contributed by atoms with Crippen molar-refractivity contribution < 1.29 is 27.6 Å². The Bertz CT molecular complexity index is 1560. The lowest BCUT2D eigenvalue weighted by atomic mass is 9.80. The number of likely N-dealkylation sites (tertiary alicyclic amines) is 1. The van der Waals surface area contributed by atoms with Crippen molar-refractivity contribution in [3.8, 4) is 6.07 Å². The molecule has 1 spiro atoms. The molecule has 202 valence electrons. The van der Waals surface area contributed by atoms with Crippen LogP contribution in [0.1, 0.15) is 42.7 Å². The zero-order valence-electron chi connectivity index (χ0n) is 21.5. The number of anilines is 1. The molecular weight excluding hydrogens is 511 g/mol. The normalized spacial score (nSPS) is 20.8. The van der Waals surface area contributed by atoms with E-state index in [1.807, 2.05) is 13.8 Å². The molecule has 0 bridgehead atoms. The molecule has 1 saturated heterocycles. The van der Waals surface area contributed by atoms with E-state index in [2.05, 4.69) is 16.4 Å². The average molecular weight is 538 g/mol. The molecule has 0 radical (unpaired) electrons. The van der Waals surface area contributed by atoms with Crippen LogP contribution in [0.5, 0.6) is 0 Å². The predicted molar refractivity (Wildman–Crippen MR) is 136 cm³/mol. The van der Waals surface area contributed by atoms with Crippen molar-refractivity contribution in [2.75, 3.05) is 18.9 Å². The second-order valence-corrected chi connectivity index (χ2v) is 10.6. The molecule has 2 aliphatic rings. The first-order valence-corrected chi connectivity index (χ1v) is 12.5. The van der Waals surface area contributed by atoms with Crippen LogP contribution in [0.4, 0.5) is 18.9 Å². The number of likely N-dealkylation sites (N-methyl/N-ethyl adjacent to an activating group) is 1. The molecule has 8 nitrogen and oxygen atoms in total. The van der Waals surface area contributed by atoms with Gasteiger partial charge in [-0.1, -0.05) is 32.0 Å². The van der Waals surface area contributed by atoms with Gasteiger partial charge in [0.15, 0.2) is 17.5 Å². The summed E-state index contributed by atoms with van der Waals surface area (Å²) in [5.74, 6) is -5.99. The summed E-state index contributed by atoms with van der Waals surface area (Å²) in [4.78, 5) is 45.7. The Morgan fingerprint density at radius 1 is 1.21 bits per heavy atom. The van der Waals surface area contributed by atoms with E-state index in [1.165, 1.54) is 16.8 Å². The molecule has 1 fully saturated rings. The topological polar surface area (TPSA) is 109 Å². The van der Waals surface area contributed by atoms with Crippen LogP contribution in [0.15, 0.2) is 36.4 Å². The summed E-state index contributed by atoms with van der Waals surface area (Å²) in [7, 11) is 1.40. The van der Waals surface area contributed by atoms with Gasteiger partial charge < -0.3 is 20.1 Å². The Balaban J connectivity index is 1.47. The highest BCUT2D eigenvalue weighted by Gasteiger charge is 2.56. The highest BCUT2D eigenvalue weighted by atomic mass is 19.2. The largest absolute Gasteiger partial charge is 0.350 e. The van der Waals surface area contributed by atoms with Crippen molar-refractivity contribution in [2.45, 2.75) is 44.2 Å². The number of halogens is 3. The number of benzene rings is 2. The molecule has 3 atom stereocenters. The average Bonchev–Trinajstić information content (AvgIpc) is 3.59. The number of rotatable bonds is 5. The van der Waals surface area contributed by atoms with Crippen LogP contribution in [0.25, 0.3) is 10.9 Å². The van der Waals surface area contributed by atoms with Crippen LogP contribution >= 0.6 is 0 Å². The molecule has 2 aromatic carbocycles. The van der Waals surface area contributed by atoms with Crippen LogP contribution in [0.3, 0.4) is 0 Å². The zero-order chi connectivity index (χ0) is 28.2. The van der Waals surface area contributed by atoms with Crippen LogP contribution in [-0.4, -0.2) is 58.2 Å². The van der Waals surface area contributed by atoms with E-state index >= 15 is 0 Å². The smallest absolute Gasteiger partial charge is 0.270 e. The number of nitriles is 1. The Morgan fingerprint density at radius 3 is 2.62 bits per heavy atom. The molecule has 5 rings (SSSR count). The van der Waals surface area contributed by atoms with Gasteiger partial charge in [-0.25, -0.2) is 13.2 Å². The minimum absolute atomic E-state index is 0.0281. The Kier molecular flexibility index (Phi) is 6.37. The number of hydrogen-bond donors (Lipinski definition) is 2. The van der Waals surface area contributed by atoms with Gasteiger partial charge in [-0.3, -0.25) is 14.4 Å². The molecule has 39 heavy (non-hydrogen) atoms. The summed E-state index contributed by atoms with van der Waals surface area (Å²) in [5, 5.41) is 12.5. The van der Waals surface area contributed by atoms with Crippen LogP contribution < -0.4 is 5.32 Å². The second kappa shape index (κ2) is 9.45. The van der Waals surface area contributed by atoms with Gasteiger partial charge >= 0.3 is 0 Å². The molecule has 0 aliphatic carbocycles. The fourth-order valence-electron chi connectivity index (χ4n) is 5.67. The van der Waals surface area contributed by atoms with Crippen molar-refractivity contribution in [2.24, 2.45) is 5.92 Å². The molecule has 0 saturated carbocycles. The van der Waals surface area contributed by atoms with E-state index in [0.29, 0.717) is 5.69 Å². The summed E-state index contributed by atoms with van der Waals surface area (Å²) < 4.78 is 41.7. The van der Waals surface area contributed by atoms with Crippen LogP contribution in [-0.2, 0) is 15.0 Å². The lowest BCUT2D eigenvalue weighted by Gasteiger charge is -2.33. The van der Waals surface area contributed by atoms with E-state index < -0.39 is 46.8 Å². The number of H-pyrrole nitrogens is 1. The molecular formula is C28H26F3N5O3. The van der Waals surface area contributed by atoms with Crippen molar-refractivity contribution >= 4 is 34.3 Å². The number of para-hydroxylation sites is 1. The van der Waals surface area contributed by atoms with Crippen molar-refractivity contribution in [1.82, 2.24) is 14.8 Å². The summed E-state index contributed by atoms with van der Waals surface area (Å²) in [5.41, 5.74) is 0.0116. The first kappa shape index (κ1) is 26.3. The number of carbonyl (C=O) groups excluding carboxylic acids is 3. The molecule has 3 amide bonds. The molecule has 2 N–H and O–H groups in total. The standard InChI is InChI=1S/C28H26F3N5O3/c1-14(2)8-22(35(3)25(37)21-9-16-20(33-21)10-18(29)24(31)23(16)30)26(38)36-13-28(11-15(36)12-32)17-6-4-5-7-19(17)34-27(28)39/h4-7,9-10,14-15,22,33H,8,11,13H2,1-3H3,(H,34,39)/t15?,22-,28-/m0/s1. The summed E-state index contributed by atoms with van der Waals surface area (Å²) >= 11 is 0. The van der Waals surface area contributed by atoms with E-state index in [9.17, 15) is 32.8 Å². The Hall–Kier alpha value is -4.33. The van der Waals surface area contributed by atoms with E-state index in [4.69, 9.17) is 0 Å². The highest BCUT2D eigenvalue weighted by Crippen LogP contribution is 2.46. The summed E-state index contributed by atoms with van der Waals surface area (Å²) in [6.45, 7) is 3.71. The Labute approximate surface area is 222 Å². The number of fused-ring (bicyclic) bond motifs is 3. The maximum absolute atomic E-state index is 14.3. The van der Waals surface area contributed by atoms with Gasteiger partial charge in [0.05, 0.1) is 17.0 Å². The van der Waals surface area contributed by atoms with Gasteiger partial charge in [-0.05, 0) is 30.0 Å². The molecule has 11 heteroatoms. The predicted octanol–water partition coefficient (Wildman–Crippen LogP) is 4.09. The van der Waals surface area contributed by atoms with Gasteiger partial charge in [0, 0.05) is 37.2 Å². The van der Waals surface area contributed by atoms with Gasteiger partial charge in [-0.15, -0.1) is 0 Å². The quantitative estimate of drug-likeness (QED) is 0.478. The minimum atomic E-state index is -1.65. The number of aromatic nitrogens is 1. The van der Waals surface area contributed by atoms with Gasteiger partial charge in [0.2, 0.25) is 11.8 Å². The summed E-state index contributed by atoms with van der Waals surface area (Å²) in [6, 6.07) is 9.20. The summed E-state index contributed by atoms with van der Waals surface area (Å²) in [6.07, 6.45) is 0.353. The number of hydrogen-bond acceptors (Lipinski definition) is 4. The van der Waals surface area contributed by atoms with E-state index in [1.54, 1.807) is 24.3 Å². The number of nitrogens with one attached hydrogen (secondary N) is 2. The van der Waals surface area contributed by atoms with Crippen molar-refractivity contribution in [3.63, 3.8) is 0 Å². The molecule has 2 aliphatic heterocycles. The lowest BCUT2D eigenvalue weighted by molar-refractivity contribution is -0.136. The third-order valence-corrected chi connectivity index (χ3v) is 7.67. The first-order chi connectivity index (χ1) is 18.5. The van der Waals surface area contributed by atoms with Crippen LogP contribution in [0, 0.1) is 34.7 Å².